The summed E-state index contributed by atoms with van der Waals surface area (Å²) >= 11 is 0. The second-order valence-electron chi connectivity index (χ2n) is 10.1. The fraction of sp³-hybridized carbons (Fsp3) is 0.367. The van der Waals surface area contributed by atoms with Crippen LogP contribution in [0.3, 0.4) is 0 Å². The lowest BCUT2D eigenvalue weighted by molar-refractivity contribution is 0.102. The number of aliphatic hydroxyl groups is 1. The van der Waals surface area contributed by atoms with E-state index in [1.807, 2.05) is 74.5 Å². The Balaban J connectivity index is 1.40. The molecule has 1 unspecified atom stereocenters. The zero-order chi connectivity index (χ0) is 27.2. The van der Waals surface area contributed by atoms with Crippen LogP contribution in [0.2, 0.25) is 0 Å². The summed E-state index contributed by atoms with van der Waals surface area (Å²) < 4.78 is 0. The van der Waals surface area contributed by atoms with Crippen molar-refractivity contribution in [2.24, 2.45) is 0 Å². The van der Waals surface area contributed by atoms with Gasteiger partial charge < -0.3 is 20.6 Å². The molecule has 8 nitrogen and oxygen atoms in total. The predicted octanol–water partition coefficient (Wildman–Crippen LogP) is 2.88. The summed E-state index contributed by atoms with van der Waals surface area (Å²) in [6, 6.07) is 13.5. The van der Waals surface area contributed by atoms with Crippen molar-refractivity contribution in [2.45, 2.75) is 45.9 Å². The van der Waals surface area contributed by atoms with E-state index in [0.29, 0.717) is 23.3 Å². The summed E-state index contributed by atoms with van der Waals surface area (Å²) in [6.45, 7) is 13.4. The Kier molecular flexibility index (Phi) is 8.76. The van der Waals surface area contributed by atoms with Gasteiger partial charge >= 0.3 is 0 Å². The molecule has 0 aliphatic carbocycles. The third kappa shape index (κ3) is 6.96. The first kappa shape index (κ1) is 27.3. The number of likely N-dealkylation sites (tertiary alicyclic amines) is 1. The molecule has 1 amide bonds. The molecule has 0 bridgehead atoms. The number of aliphatic hydroxyl groups excluding tert-OH is 1. The van der Waals surface area contributed by atoms with Crippen molar-refractivity contribution in [1.29, 1.82) is 0 Å². The van der Waals surface area contributed by atoms with Crippen molar-refractivity contribution in [3.05, 3.63) is 81.6 Å². The van der Waals surface area contributed by atoms with Crippen molar-refractivity contribution in [2.75, 3.05) is 37.3 Å². The highest BCUT2D eigenvalue weighted by Crippen LogP contribution is 2.22. The summed E-state index contributed by atoms with van der Waals surface area (Å²) in [4.78, 5) is 26.3. The minimum Gasteiger partial charge on any atom is -0.392 e. The molecule has 1 aliphatic rings. The lowest BCUT2D eigenvalue weighted by atomic mass is 10.0. The van der Waals surface area contributed by atoms with Crippen molar-refractivity contribution >= 4 is 30.2 Å². The molecule has 0 saturated carbocycles. The van der Waals surface area contributed by atoms with Gasteiger partial charge in [0.05, 0.1) is 23.7 Å². The molecule has 0 spiro atoms. The fourth-order valence-electron chi connectivity index (χ4n) is 4.52. The zero-order valence-corrected chi connectivity index (χ0v) is 22.7. The van der Waals surface area contributed by atoms with Gasteiger partial charge in [0.15, 0.2) is 0 Å². The van der Waals surface area contributed by atoms with Gasteiger partial charge in [0.25, 0.3) is 5.91 Å². The molecule has 2 heterocycles. The third-order valence-electron chi connectivity index (χ3n) is 6.97. The van der Waals surface area contributed by atoms with Crippen molar-refractivity contribution < 1.29 is 9.90 Å². The number of carbonyl (C=O) groups excluding carboxylic acids is 1. The van der Waals surface area contributed by atoms with Gasteiger partial charge in [-0.05, 0) is 68.1 Å². The number of aromatic nitrogens is 2. The van der Waals surface area contributed by atoms with Crippen LogP contribution in [0.25, 0.3) is 12.8 Å². The van der Waals surface area contributed by atoms with Crippen molar-refractivity contribution in [3.8, 4) is 0 Å². The van der Waals surface area contributed by atoms with Gasteiger partial charge in [-0.3, -0.25) is 9.69 Å². The van der Waals surface area contributed by atoms with Crippen LogP contribution in [0.1, 0.15) is 53.4 Å². The van der Waals surface area contributed by atoms with E-state index in [1.54, 1.807) is 6.20 Å². The molecule has 1 aromatic heterocycles. The molecule has 8 heteroatoms. The van der Waals surface area contributed by atoms with Crippen molar-refractivity contribution in [3.63, 3.8) is 0 Å². The van der Waals surface area contributed by atoms with E-state index in [-0.39, 0.29) is 18.1 Å². The van der Waals surface area contributed by atoms with Crippen LogP contribution in [-0.4, -0.2) is 63.6 Å². The Morgan fingerprint density at radius 1 is 1.32 bits per heavy atom. The minimum atomic E-state index is -0.236. The topological polar surface area (TPSA) is 93.6 Å². The molecule has 1 aliphatic heterocycles. The van der Waals surface area contributed by atoms with Crippen LogP contribution >= 0.6 is 0 Å². The Morgan fingerprint density at radius 3 is 2.82 bits per heavy atom. The summed E-state index contributed by atoms with van der Waals surface area (Å²) in [5.74, 6) is 0.498. The van der Waals surface area contributed by atoms with E-state index < -0.39 is 0 Å². The normalized spacial score (nSPS) is 16.9. The van der Waals surface area contributed by atoms with Crippen molar-refractivity contribution in [1.82, 2.24) is 19.8 Å². The standard InChI is InChI=1S/C30H38N6O2/c1-6-35(5)19-28-22(4)33-29(16-31-28)32-21(3)23-8-7-9-26(15-23)34-30(38)24-10-11-25(20(2)14-24)17-36-13-12-27(37)18-36/h7-11,14-16,19,21,27,37H,4,6,12-13,17-18H2,1-3,5H3,(H,32,33)(H,34,38)/b28-19+/t21?,27-/m1/s1. The molecule has 2 atom stereocenters. The number of anilines is 2. The van der Waals surface area contributed by atoms with E-state index in [1.165, 1.54) is 5.56 Å². The smallest absolute Gasteiger partial charge is 0.255 e. The first-order valence-corrected chi connectivity index (χ1v) is 13.1. The molecule has 2 aromatic carbocycles. The zero-order valence-electron chi connectivity index (χ0n) is 22.7. The maximum Gasteiger partial charge on any atom is 0.255 e. The quantitative estimate of drug-likeness (QED) is 0.404. The number of aryl methyl sites for hydroxylation is 1. The summed E-state index contributed by atoms with van der Waals surface area (Å²) in [6.07, 6.45) is 4.23. The van der Waals surface area contributed by atoms with E-state index in [4.69, 9.17) is 0 Å². The fourth-order valence-corrected chi connectivity index (χ4v) is 4.52. The minimum absolute atomic E-state index is 0.0562. The Labute approximate surface area is 224 Å². The molecule has 200 valence electrons. The van der Waals surface area contributed by atoms with Crippen LogP contribution in [0, 0.1) is 6.92 Å². The highest BCUT2D eigenvalue weighted by atomic mass is 16.3. The van der Waals surface area contributed by atoms with Crippen LogP contribution in [-0.2, 0) is 6.54 Å². The molecular formula is C30H38N6O2. The molecular weight excluding hydrogens is 476 g/mol. The van der Waals surface area contributed by atoms with E-state index in [9.17, 15) is 9.90 Å². The van der Waals surface area contributed by atoms with Gasteiger partial charge in [0, 0.05) is 50.7 Å². The number of β-amino-alcohol motifs (C(OH)–C–C–N with tert-alkyl or cyclic N) is 1. The Hall–Kier alpha value is -3.75. The number of hydrogen-bond donors (Lipinski definition) is 3. The summed E-state index contributed by atoms with van der Waals surface area (Å²) in [5, 5.41) is 17.5. The maximum absolute atomic E-state index is 13.0. The molecule has 38 heavy (non-hydrogen) atoms. The second kappa shape index (κ2) is 12.2. The molecule has 4 rings (SSSR count). The monoisotopic (exact) mass is 514 g/mol. The number of carbonyl (C=O) groups is 1. The average Bonchev–Trinajstić information content (AvgIpc) is 3.31. The lowest BCUT2D eigenvalue weighted by Crippen LogP contribution is -2.33. The first-order valence-electron chi connectivity index (χ1n) is 13.1. The number of hydrogen-bond acceptors (Lipinski definition) is 7. The SMILES string of the molecule is C=c1nc(NC(C)c2cccc(NC(=O)c3ccc(CN4CC[C@@H](O)C4)c(C)c3)c2)cn/c1=C/N(C)CC. The first-order chi connectivity index (χ1) is 18.2. The second-order valence-corrected chi connectivity index (χ2v) is 10.1. The summed E-state index contributed by atoms with van der Waals surface area (Å²) in [7, 11) is 1.99. The Bertz CT molecular complexity index is 1390. The van der Waals surface area contributed by atoms with Crippen LogP contribution < -0.4 is 21.3 Å². The van der Waals surface area contributed by atoms with Gasteiger partial charge in [0.2, 0.25) is 0 Å². The maximum atomic E-state index is 13.0. The molecule has 3 aromatic rings. The average molecular weight is 515 g/mol. The predicted molar refractivity (Wildman–Crippen MR) is 153 cm³/mol. The van der Waals surface area contributed by atoms with Gasteiger partial charge in [0.1, 0.15) is 11.2 Å². The van der Waals surface area contributed by atoms with Gasteiger partial charge in [-0.1, -0.05) is 24.8 Å². The number of nitrogens with one attached hydrogen (secondary N) is 2. The summed E-state index contributed by atoms with van der Waals surface area (Å²) in [5.41, 5.74) is 4.60. The third-order valence-corrected chi connectivity index (χ3v) is 6.97. The van der Waals surface area contributed by atoms with E-state index in [2.05, 4.69) is 39.0 Å². The number of benzene rings is 2. The van der Waals surface area contributed by atoms with E-state index in [0.717, 1.165) is 48.2 Å². The number of nitrogens with zero attached hydrogens (tertiary/aromatic N) is 4. The molecule has 1 saturated heterocycles. The van der Waals surface area contributed by atoms with E-state index >= 15 is 0 Å². The Morgan fingerprint density at radius 2 is 2.13 bits per heavy atom. The number of rotatable bonds is 9. The highest BCUT2D eigenvalue weighted by molar-refractivity contribution is 6.04. The number of amides is 1. The van der Waals surface area contributed by atoms with Crippen LogP contribution in [0.15, 0.2) is 48.7 Å². The van der Waals surface area contributed by atoms with Gasteiger partial charge in [-0.2, -0.15) is 0 Å². The van der Waals surface area contributed by atoms with Gasteiger partial charge in [-0.25, -0.2) is 9.97 Å². The largest absolute Gasteiger partial charge is 0.392 e. The molecule has 1 fully saturated rings. The van der Waals surface area contributed by atoms with Gasteiger partial charge in [-0.15, -0.1) is 0 Å². The van der Waals surface area contributed by atoms with Crippen LogP contribution in [0.5, 0.6) is 0 Å². The lowest BCUT2D eigenvalue weighted by Gasteiger charge is -2.17. The molecule has 0 radical (unpaired) electrons. The molecule has 3 N–H and O–H groups in total. The van der Waals surface area contributed by atoms with Crippen LogP contribution in [0.4, 0.5) is 11.5 Å². The highest BCUT2D eigenvalue weighted by Gasteiger charge is 2.20.